The fraction of sp³-hybridized carbons (Fsp3) is 0.375. The van der Waals surface area contributed by atoms with Crippen LogP contribution in [0.25, 0.3) is 0 Å². The molecule has 4 atom stereocenters. The van der Waals surface area contributed by atoms with Gasteiger partial charge in [-0.1, -0.05) is 60.7 Å². The standard InChI is InChI=1S/C24H26N2O4S/c1-30-22-13-6-5-10-18(22)19-11-7-12-20-21-14-15-25(16-17-8-3-2-4-9-17)24(27)26(21)31(28,29)23(19)20/h2-10,12-13,19-21,23H,11,14-16H2,1H3/t19-,20+,21+,23-/m1/s1. The lowest BCUT2D eigenvalue weighted by molar-refractivity contribution is 0.131. The van der Waals surface area contributed by atoms with Crippen molar-refractivity contribution < 1.29 is 17.9 Å². The van der Waals surface area contributed by atoms with Crippen molar-refractivity contribution in [1.29, 1.82) is 0 Å². The molecule has 2 aromatic carbocycles. The summed E-state index contributed by atoms with van der Waals surface area (Å²) in [6.07, 6.45) is 5.34. The van der Waals surface area contributed by atoms with E-state index in [9.17, 15) is 13.2 Å². The lowest BCUT2D eigenvalue weighted by Gasteiger charge is -2.37. The molecule has 0 bridgehead atoms. The van der Waals surface area contributed by atoms with Gasteiger partial charge in [0.2, 0.25) is 10.0 Å². The Morgan fingerprint density at radius 3 is 2.58 bits per heavy atom. The van der Waals surface area contributed by atoms with Gasteiger partial charge >= 0.3 is 6.03 Å². The molecule has 2 heterocycles. The van der Waals surface area contributed by atoms with E-state index >= 15 is 0 Å². The summed E-state index contributed by atoms with van der Waals surface area (Å²) in [5.74, 6) is 0.257. The number of sulfonamides is 1. The first-order chi connectivity index (χ1) is 15.0. The normalized spacial score (nSPS) is 28.9. The maximum Gasteiger partial charge on any atom is 0.334 e. The predicted octanol–water partition coefficient (Wildman–Crippen LogP) is 3.76. The Bertz CT molecular complexity index is 1120. The first-order valence-electron chi connectivity index (χ1n) is 10.7. The van der Waals surface area contributed by atoms with Gasteiger partial charge < -0.3 is 9.64 Å². The van der Waals surface area contributed by atoms with E-state index in [2.05, 4.69) is 6.08 Å². The molecular weight excluding hydrogens is 412 g/mol. The largest absolute Gasteiger partial charge is 0.496 e. The molecule has 7 heteroatoms. The van der Waals surface area contributed by atoms with Crippen LogP contribution in [0.15, 0.2) is 66.7 Å². The van der Waals surface area contributed by atoms with Crippen LogP contribution in [0.3, 0.4) is 0 Å². The third kappa shape index (κ3) is 3.22. The monoisotopic (exact) mass is 438 g/mol. The summed E-state index contributed by atoms with van der Waals surface area (Å²) in [4.78, 5) is 15.0. The number of carbonyl (C=O) groups excluding carboxylic acids is 1. The number of rotatable bonds is 4. The zero-order valence-electron chi connectivity index (χ0n) is 17.4. The van der Waals surface area contributed by atoms with Crippen LogP contribution in [0.1, 0.15) is 29.9 Å². The number of hydrogen-bond donors (Lipinski definition) is 0. The Hall–Kier alpha value is -2.80. The molecule has 0 saturated carbocycles. The van der Waals surface area contributed by atoms with Gasteiger partial charge in [-0.25, -0.2) is 17.5 Å². The highest BCUT2D eigenvalue weighted by atomic mass is 32.2. The molecule has 0 aromatic heterocycles. The number of fused-ring (bicyclic) bond motifs is 3. The summed E-state index contributed by atoms with van der Waals surface area (Å²) in [5, 5.41) is -0.653. The molecule has 0 radical (unpaired) electrons. The second-order valence-corrected chi connectivity index (χ2v) is 10.4. The minimum Gasteiger partial charge on any atom is -0.496 e. The van der Waals surface area contributed by atoms with Gasteiger partial charge in [0.15, 0.2) is 0 Å². The highest BCUT2D eigenvalue weighted by molar-refractivity contribution is 7.90. The number of carbonyl (C=O) groups is 1. The molecule has 1 aliphatic carbocycles. The average molecular weight is 439 g/mol. The van der Waals surface area contributed by atoms with Crippen LogP contribution < -0.4 is 4.74 Å². The predicted molar refractivity (Wildman–Crippen MR) is 118 cm³/mol. The lowest BCUT2D eigenvalue weighted by atomic mass is 9.77. The molecule has 2 saturated heterocycles. The van der Waals surface area contributed by atoms with Gasteiger partial charge in [0.25, 0.3) is 0 Å². The number of urea groups is 1. The molecule has 2 amide bonds. The van der Waals surface area contributed by atoms with Gasteiger partial charge in [0, 0.05) is 24.9 Å². The van der Waals surface area contributed by atoms with Gasteiger partial charge in [-0.3, -0.25) is 0 Å². The minimum absolute atomic E-state index is 0.198. The third-order valence-corrected chi connectivity index (χ3v) is 9.10. The Balaban J connectivity index is 1.49. The van der Waals surface area contributed by atoms with Gasteiger partial charge in [-0.05, 0) is 30.0 Å². The molecule has 2 aliphatic heterocycles. The molecular formula is C24H26N2O4S. The molecule has 162 valence electrons. The van der Waals surface area contributed by atoms with Crippen LogP contribution in [0, 0.1) is 5.92 Å². The highest BCUT2D eigenvalue weighted by Gasteiger charge is 2.59. The molecule has 2 fully saturated rings. The first kappa shape index (κ1) is 20.1. The van der Waals surface area contributed by atoms with Gasteiger partial charge in [-0.15, -0.1) is 0 Å². The third-order valence-electron chi connectivity index (χ3n) is 6.80. The summed E-state index contributed by atoms with van der Waals surface area (Å²) < 4.78 is 34.2. The van der Waals surface area contributed by atoms with Crippen molar-refractivity contribution in [3.63, 3.8) is 0 Å². The van der Waals surface area contributed by atoms with E-state index in [1.54, 1.807) is 12.0 Å². The second-order valence-electron chi connectivity index (χ2n) is 8.44. The maximum absolute atomic E-state index is 13.8. The van der Waals surface area contributed by atoms with Crippen LogP contribution in [0.5, 0.6) is 5.75 Å². The SMILES string of the molecule is COc1ccccc1[C@H]1CC=C[C@@H]2[C@@H]1S(=O)(=O)N1C(=O)N(Cc3ccccc3)CC[C@@H]21. The van der Waals surface area contributed by atoms with Crippen molar-refractivity contribution in [2.24, 2.45) is 5.92 Å². The Labute approximate surface area is 183 Å². The topological polar surface area (TPSA) is 66.9 Å². The van der Waals surface area contributed by atoms with E-state index in [1.165, 1.54) is 4.31 Å². The van der Waals surface area contributed by atoms with Crippen molar-refractivity contribution >= 4 is 16.1 Å². The summed E-state index contributed by atoms with van der Waals surface area (Å²) in [7, 11) is -2.21. The summed E-state index contributed by atoms with van der Waals surface area (Å²) in [6.45, 7) is 0.973. The molecule has 3 aliphatic rings. The van der Waals surface area contributed by atoms with Crippen molar-refractivity contribution in [2.75, 3.05) is 13.7 Å². The van der Waals surface area contributed by atoms with Gasteiger partial charge in [0.05, 0.1) is 18.4 Å². The summed E-state index contributed by atoms with van der Waals surface area (Å²) in [5.41, 5.74) is 1.89. The zero-order chi connectivity index (χ0) is 21.6. The Morgan fingerprint density at radius 2 is 1.81 bits per heavy atom. The number of methoxy groups -OCH3 is 1. The molecule has 6 nitrogen and oxygen atoms in total. The maximum atomic E-state index is 13.8. The number of ether oxygens (including phenoxy) is 1. The average Bonchev–Trinajstić information content (AvgIpc) is 3.04. The molecule has 0 spiro atoms. The minimum atomic E-state index is -3.81. The van der Waals surface area contributed by atoms with E-state index in [1.807, 2.05) is 60.7 Å². The van der Waals surface area contributed by atoms with Gasteiger partial charge in [0.1, 0.15) is 5.75 Å². The van der Waals surface area contributed by atoms with E-state index < -0.39 is 21.3 Å². The van der Waals surface area contributed by atoms with Crippen LogP contribution in [0.4, 0.5) is 4.79 Å². The molecule has 5 rings (SSSR count). The Morgan fingerprint density at radius 1 is 1.06 bits per heavy atom. The summed E-state index contributed by atoms with van der Waals surface area (Å²) >= 11 is 0. The number of allylic oxidation sites excluding steroid dienone is 1. The smallest absolute Gasteiger partial charge is 0.334 e. The van der Waals surface area contributed by atoms with Gasteiger partial charge in [-0.2, -0.15) is 0 Å². The number of hydrogen-bond acceptors (Lipinski definition) is 4. The fourth-order valence-corrected chi connectivity index (χ4v) is 8.00. The zero-order valence-corrected chi connectivity index (χ0v) is 18.2. The van der Waals surface area contributed by atoms with E-state index in [4.69, 9.17) is 4.74 Å². The lowest BCUT2D eigenvalue weighted by Crippen LogP contribution is -2.53. The number of nitrogens with zero attached hydrogens (tertiary/aromatic N) is 2. The molecule has 2 aromatic rings. The fourth-order valence-electron chi connectivity index (χ4n) is 5.43. The number of para-hydroxylation sites is 1. The van der Waals surface area contributed by atoms with Crippen LogP contribution >= 0.6 is 0 Å². The number of benzene rings is 2. The van der Waals surface area contributed by atoms with E-state index in [0.717, 1.165) is 11.1 Å². The van der Waals surface area contributed by atoms with Crippen molar-refractivity contribution in [1.82, 2.24) is 9.21 Å². The molecule has 31 heavy (non-hydrogen) atoms. The van der Waals surface area contributed by atoms with Crippen molar-refractivity contribution in [3.05, 3.63) is 77.9 Å². The molecule has 0 unspecified atom stereocenters. The van der Waals surface area contributed by atoms with Crippen molar-refractivity contribution in [3.8, 4) is 5.75 Å². The summed E-state index contributed by atoms with van der Waals surface area (Å²) in [6, 6.07) is 16.6. The molecule has 0 N–H and O–H groups in total. The Kier molecular flexibility index (Phi) is 5.01. The van der Waals surface area contributed by atoms with Crippen LogP contribution in [-0.4, -0.2) is 48.6 Å². The van der Waals surface area contributed by atoms with Crippen LogP contribution in [0.2, 0.25) is 0 Å². The van der Waals surface area contributed by atoms with Crippen LogP contribution in [-0.2, 0) is 16.6 Å². The number of amides is 2. The highest BCUT2D eigenvalue weighted by Crippen LogP contribution is 2.50. The van der Waals surface area contributed by atoms with Crippen molar-refractivity contribution in [2.45, 2.75) is 36.6 Å². The second kappa shape index (κ2) is 7.71. The van der Waals surface area contributed by atoms with E-state index in [-0.39, 0.29) is 17.9 Å². The first-order valence-corrected chi connectivity index (χ1v) is 12.2. The quantitative estimate of drug-likeness (QED) is 0.682. The van der Waals surface area contributed by atoms with E-state index in [0.29, 0.717) is 31.7 Å².